The third kappa shape index (κ3) is 4.02. The molecule has 1 unspecified atom stereocenters. The first-order chi connectivity index (χ1) is 9.06. The summed E-state index contributed by atoms with van der Waals surface area (Å²) in [5.74, 6) is -0.706. The number of hydrogen-bond acceptors (Lipinski definition) is 5. The Labute approximate surface area is 110 Å². The van der Waals surface area contributed by atoms with Crippen molar-refractivity contribution in [2.75, 3.05) is 6.54 Å². The number of aromatic nitrogens is 3. The number of amides is 1. The van der Waals surface area contributed by atoms with E-state index in [1.165, 1.54) is 10.9 Å². The first-order valence-electron chi connectivity index (χ1n) is 6.22. The maximum absolute atomic E-state index is 11.6. The predicted octanol–water partition coefficient (Wildman–Crippen LogP) is -0.780. The Morgan fingerprint density at radius 3 is 2.89 bits per heavy atom. The Kier molecular flexibility index (Phi) is 4.10. The monoisotopic (exact) mass is 267 g/mol. The quantitative estimate of drug-likeness (QED) is 0.595. The van der Waals surface area contributed by atoms with E-state index in [9.17, 15) is 9.59 Å². The molecule has 0 aliphatic heterocycles. The maximum Gasteiger partial charge on any atom is 0.358 e. The Bertz CT molecular complexity index is 469. The number of carbonyl (C=O) groups excluding carboxylic acids is 1. The van der Waals surface area contributed by atoms with Gasteiger partial charge >= 0.3 is 5.97 Å². The number of carboxylic acids is 1. The van der Waals surface area contributed by atoms with Gasteiger partial charge in [0.1, 0.15) is 0 Å². The molecule has 8 heteroatoms. The maximum atomic E-state index is 11.6. The van der Waals surface area contributed by atoms with Crippen LogP contribution in [0.4, 0.5) is 0 Å². The Balaban J connectivity index is 1.67. The number of carboxylic acid groups (broad SMARTS) is 1. The van der Waals surface area contributed by atoms with E-state index in [4.69, 9.17) is 10.8 Å². The van der Waals surface area contributed by atoms with Crippen molar-refractivity contribution in [3.8, 4) is 0 Å². The summed E-state index contributed by atoms with van der Waals surface area (Å²) in [7, 11) is 0. The van der Waals surface area contributed by atoms with Crippen LogP contribution in [0, 0.1) is 5.92 Å². The Hall–Kier alpha value is -1.96. The highest BCUT2D eigenvalue weighted by atomic mass is 16.4. The molecule has 0 radical (unpaired) electrons. The van der Waals surface area contributed by atoms with E-state index in [-0.39, 0.29) is 17.6 Å². The molecule has 0 spiro atoms. The second-order valence-electron chi connectivity index (χ2n) is 4.73. The van der Waals surface area contributed by atoms with Crippen molar-refractivity contribution >= 4 is 11.9 Å². The van der Waals surface area contributed by atoms with E-state index in [0.29, 0.717) is 25.4 Å². The molecule has 2 rings (SSSR count). The largest absolute Gasteiger partial charge is 0.476 e. The lowest BCUT2D eigenvalue weighted by Crippen LogP contribution is -2.34. The van der Waals surface area contributed by atoms with Gasteiger partial charge in [-0.15, -0.1) is 5.10 Å². The summed E-state index contributed by atoms with van der Waals surface area (Å²) >= 11 is 0. The molecule has 1 atom stereocenters. The summed E-state index contributed by atoms with van der Waals surface area (Å²) in [5.41, 5.74) is 5.74. The van der Waals surface area contributed by atoms with Crippen LogP contribution < -0.4 is 11.1 Å². The van der Waals surface area contributed by atoms with Gasteiger partial charge in [0.15, 0.2) is 5.69 Å². The van der Waals surface area contributed by atoms with Crippen LogP contribution in [0.3, 0.4) is 0 Å². The summed E-state index contributed by atoms with van der Waals surface area (Å²) < 4.78 is 1.38. The number of rotatable bonds is 7. The summed E-state index contributed by atoms with van der Waals surface area (Å²) in [5, 5.41) is 18.5. The number of nitrogens with zero attached hydrogens (tertiary/aromatic N) is 3. The number of hydrogen-bond donors (Lipinski definition) is 3. The van der Waals surface area contributed by atoms with Gasteiger partial charge < -0.3 is 16.2 Å². The molecule has 1 amide bonds. The topological polar surface area (TPSA) is 123 Å². The first kappa shape index (κ1) is 13.5. The lowest BCUT2D eigenvalue weighted by Gasteiger charge is -2.10. The Morgan fingerprint density at radius 1 is 1.58 bits per heavy atom. The van der Waals surface area contributed by atoms with Gasteiger partial charge in [-0.1, -0.05) is 5.21 Å². The molecule has 0 bridgehead atoms. The molecule has 19 heavy (non-hydrogen) atoms. The highest BCUT2D eigenvalue weighted by molar-refractivity contribution is 5.84. The van der Waals surface area contributed by atoms with Crippen LogP contribution in [0.15, 0.2) is 6.20 Å². The number of nitrogens with two attached hydrogens (primary N) is 1. The van der Waals surface area contributed by atoms with Gasteiger partial charge in [0.2, 0.25) is 5.91 Å². The molecule has 1 heterocycles. The minimum absolute atomic E-state index is 0.0509. The zero-order valence-electron chi connectivity index (χ0n) is 10.5. The lowest BCUT2D eigenvalue weighted by molar-refractivity contribution is -0.121. The summed E-state index contributed by atoms with van der Waals surface area (Å²) in [6, 6.07) is -0.0509. The Morgan fingerprint density at radius 2 is 2.32 bits per heavy atom. The van der Waals surface area contributed by atoms with Gasteiger partial charge in [0.25, 0.3) is 0 Å². The zero-order valence-corrected chi connectivity index (χ0v) is 10.5. The van der Waals surface area contributed by atoms with Crippen LogP contribution in [-0.2, 0) is 11.3 Å². The van der Waals surface area contributed by atoms with Gasteiger partial charge in [-0.25, -0.2) is 9.48 Å². The van der Waals surface area contributed by atoms with Crippen LogP contribution in [0.25, 0.3) is 0 Å². The molecule has 4 N–H and O–H groups in total. The fraction of sp³-hybridized carbons (Fsp3) is 0.636. The highest BCUT2D eigenvalue weighted by Gasteiger charge is 2.29. The smallest absolute Gasteiger partial charge is 0.358 e. The van der Waals surface area contributed by atoms with Gasteiger partial charge in [-0.2, -0.15) is 0 Å². The average molecular weight is 267 g/mol. The van der Waals surface area contributed by atoms with Crippen molar-refractivity contribution in [2.45, 2.75) is 31.8 Å². The van der Waals surface area contributed by atoms with E-state index in [1.54, 1.807) is 0 Å². The van der Waals surface area contributed by atoms with E-state index >= 15 is 0 Å². The van der Waals surface area contributed by atoms with Gasteiger partial charge in [0.05, 0.1) is 12.7 Å². The molecule has 1 aromatic rings. The number of aromatic carboxylic acids is 1. The van der Waals surface area contributed by atoms with Crippen LogP contribution in [0.1, 0.15) is 29.8 Å². The van der Waals surface area contributed by atoms with Crippen molar-refractivity contribution < 1.29 is 14.7 Å². The summed E-state index contributed by atoms with van der Waals surface area (Å²) in [6.07, 6.45) is 3.89. The lowest BCUT2D eigenvalue weighted by atomic mass is 10.1. The van der Waals surface area contributed by atoms with Gasteiger partial charge in [0, 0.05) is 19.0 Å². The second-order valence-corrected chi connectivity index (χ2v) is 4.73. The molecule has 1 aliphatic carbocycles. The molecule has 1 aromatic heterocycles. The molecule has 1 saturated carbocycles. The van der Waals surface area contributed by atoms with Crippen molar-refractivity contribution in [1.29, 1.82) is 0 Å². The first-order valence-corrected chi connectivity index (χ1v) is 6.22. The molecule has 0 saturated heterocycles. The third-order valence-corrected chi connectivity index (χ3v) is 3.07. The van der Waals surface area contributed by atoms with Crippen LogP contribution in [-0.4, -0.2) is 44.6 Å². The standard InChI is InChI=1S/C11H17N5O3/c12-8(7-1-2-7)5-10(17)13-3-4-16-6-9(11(18)19)14-15-16/h6-8H,1-5,12H2,(H,13,17)(H,18,19). The normalized spacial score (nSPS) is 16.1. The highest BCUT2D eigenvalue weighted by Crippen LogP contribution is 2.32. The minimum Gasteiger partial charge on any atom is -0.476 e. The van der Waals surface area contributed by atoms with Gasteiger partial charge in [-0.05, 0) is 18.8 Å². The molecule has 8 nitrogen and oxygen atoms in total. The van der Waals surface area contributed by atoms with E-state index in [2.05, 4.69) is 15.6 Å². The minimum atomic E-state index is -1.12. The zero-order chi connectivity index (χ0) is 13.8. The molecule has 0 aromatic carbocycles. The third-order valence-electron chi connectivity index (χ3n) is 3.07. The second kappa shape index (κ2) is 5.79. The number of nitrogens with one attached hydrogen (secondary N) is 1. The predicted molar refractivity (Wildman–Crippen MR) is 65.3 cm³/mol. The van der Waals surface area contributed by atoms with Crippen LogP contribution in [0.5, 0.6) is 0 Å². The van der Waals surface area contributed by atoms with Crippen molar-refractivity contribution in [1.82, 2.24) is 20.3 Å². The van der Waals surface area contributed by atoms with Crippen molar-refractivity contribution in [2.24, 2.45) is 11.7 Å². The van der Waals surface area contributed by atoms with E-state index < -0.39 is 5.97 Å². The van der Waals surface area contributed by atoms with E-state index in [0.717, 1.165) is 12.8 Å². The number of carbonyl (C=O) groups is 2. The summed E-state index contributed by atoms with van der Waals surface area (Å²) in [4.78, 5) is 22.1. The van der Waals surface area contributed by atoms with Crippen molar-refractivity contribution in [3.05, 3.63) is 11.9 Å². The molecular weight excluding hydrogens is 250 g/mol. The average Bonchev–Trinajstić information content (AvgIpc) is 3.09. The SMILES string of the molecule is NC(CC(=O)NCCn1cc(C(=O)O)nn1)C1CC1. The molecule has 104 valence electrons. The molecular formula is C11H17N5O3. The van der Waals surface area contributed by atoms with Crippen LogP contribution >= 0.6 is 0 Å². The molecule has 1 aliphatic rings. The van der Waals surface area contributed by atoms with E-state index in [1.807, 2.05) is 0 Å². The summed E-state index contributed by atoms with van der Waals surface area (Å²) in [6.45, 7) is 0.753. The van der Waals surface area contributed by atoms with Crippen molar-refractivity contribution in [3.63, 3.8) is 0 Å². The van der Waals surface area contributed by atoms with Gasteiger partial charge in [-0.3, -0.25) is 4.79 Å². The fourth-order valence-corrected chi connectivity index (χ4v) is 1.79. The fourth-order valence-electron chi connectivity index (χ4n) is 1.79. The molecule has 1 fully saturated rings. The van der Waals surface area contributed by atoms with Crippen LogP contribution in [0.2, 0.25) is 0 Å².